The Hall–Kier alpha value is -3.60. The van der Waals surface area contributed by atoms with Crippen LogP contribution in [0.4, 0.5) is 0 Å². The average Bonchev–Trinajstić information content (AvgIpc) is 2.83. The number of ether oxygens (including phenoxy) is 1. The number of hydrogen-bond donors (Lipinski definition) is 2. The molecule has 5 heteroatoms. The van der Waals surface area contributed by atoms with E-state index in [1.807, 2.05) is 73.7 Å². The number of rotatable bonds is 10. The maximum atomic E-state index is 12.7. The summed E-state index contributed by atoms with van der Waals surface area (Å²) in [5, 5.41) is 6.04. The SMILES string of the molecule is COc1ccc(CC(=O)NCc2ccccc2-c2cc(C(=O)NCCC(C)C)ccc2C)cc1. The summed E-state index contributed by atoms with van der Waals surface area (Å²) in [7, 11) is 1.62. The van der Waals surface area contributed by atoms with Crippen LogP contribution in [0.3, 0.4) is 0 Å². The van der Waals surface area contributed by atoms with Crippen molar-refractivity contribution >= 4 is 11.8 Å². The van der Waals surface area contributed by atoms with Crippen molar-refractivity contribution in [3.8, 4) is 16.9 Å². The number of carbonyl (C=O) groups excluding carboxylic acids is 2. The van der Waals surface area contributed by atoms with Gasteiger partial charge in [-0.25, -0.2) is 0 Å². The van der Waals surface area contributed by atoms with Crippen LogP contribution in [0.15, 0.2) is 66.7 Å². The largest absolute Gasteiger partial charge is 0.497 e. The van der Waals surface area contributed by atoms with Crippen LogP contribution in [0.1, 0.15) is 47.3 Å². The lowest BCUT2D eigenvalue weighted by molar-refractivity contribution is -0.120. The molecule has 2 amide bonds. The number of methoxy groups -OCH3 is 1. The van der Waals surface area contributed by atoms with E-state index >= 15 is 0 Å². The Kier molecular flexibility index (Phi) is 8.86. The monoisotopic (exact) mass is 458 g/mol. The van der Waals surface area contributed by atoms with Crippen molar-refractivity contribution in [1.82, 2.24) is 10.6 Å². The van der Waals surface area contributed by atoms with Crippen LogP contribution < -0.4 is 15.4 Å². The maximum absolute atomic E-state index is 12.7. The van der Waals surface area contributed by atoms with Gasteiger partial charge in [0, 0.05) is 18.7 Å². The predicted octanol–water partition coefficient (Wildman–Crippen LogP) is 5.31. The molecule has 2 N–H and O–H groups in total. The second-order valence-electron chi connectivity index (χ2n) is 8.93. The van der Waals surface area contributed by atoms with E-state index in [9.17, 15) is 9.59 Å². The highest BCUT2D eigenvalue weighted by molar-refractivity contribution is 5.96. The van der Waals surface area contributed by atoms with Gasteiger partial charge >= 0.3 is 0 Å². The third-order valence-electron chi connectivity index (χ3n) is 5.81. The fraction of sp³-hybridized carbons (Fsp3) is 0.310. The second kappa shape index (κ2) is 12.0. The number of nitrogens with one attached hydrogen (secondary N) is 2. The molecule has 0 radical (unpaired) electrons. The van der Waals surface area contributed by atoms with Gasteiger partial charge in [0.25, 0.3) is 5.91 Å². The van der Waals surface area contributed by atoms with E-state index in [2.05, 4.69) is 24.5 Å². The molecular formula is C29H34N2O3. The minimum absolute atomic E-state index is 0.0463. The molecule has 0 aliphatic carbocycles. The molecule has 0 heterocycles. The van der Waals surface area contributed by atoms with Crippen LogP contribution in [0.2, 0.25) is 0 Å². The van der Waals surface area contributed by atoms with E-state index in [0.717, 1.165) is 40.0 Å². The van der Waals surface area contributed by atoms with Gasteiger partial charge in [-0.1, -0.05) is 56.3 Å². The molecule has 0 saturated heterocycles. The third-order valence-corrected chi connectivity index (χ3v) is 5.81. The molecule has 0 bridgehead atoms. The standard InChI is InChI=1S/C29H34N2O3/c1-20(2)15-16-30-29(33)23-12-9-21(3)27(18-23)26-8-6-5-7-24(26)19-31-28(32)17-22-10-13-25(34-4)14-11-22/h5-14,18,20H,15-17,19H2,1-4H3,(H,30,33)(H,31,32). The van der Waals surface area contributed by atoms with Crippen LogP contribution >= 0.6 is 0 Å². The quantitative estimate of drug-likeness (QED) is 0.433. The first-order valence-electron chi connectivity index (χ1n) is 11.7. The topological polar surface area (TPSA) is 67.4 Å². The molecule has 3 rings (SSSR count). The second-order valence-corrected chi connectivity index (χ2v) is 8.93. The van der Waals surface area contributed by atoms with Gasteiger partial charge in [-0.15, -0.1) is 0 Å². The van der Waals surface area contributed by atoms with E-state index in [-0.39, 0.29) is 11.8 Å². The molecule has 34 heavy (non-hydrogen) atoms. The van der Waals surface area contributed by atoms with Crippen LogP contribution in [-0.2, 0) is 17.8 Å². The molecule has 0 aromatic heterocycles. The molecule has 3 aromatic rings. The van der Waals surface area contributed by atoms with Crippen molar-refractivity contribution in [2.75, 3.05) is 13.7 Å². The Morgan fingerprint density at radius 1 is 0.912 bits per heavy atom. The van der Waals surface area contributed by atoms with Gasteiger partial charge in [0.2, 0.25) is 5.91 Å². The van der Waals surface area contributed by atoms with Crippen molar-refractivity contribution < 1.29 is 14.3 Å². The summed E-state index contributed by atoms with van der Waals surface area (Å²) in [6.07, 6.45) is 1.25. The van der Waals surface area contributed by atoms with Crippen LogP contribution in [0.25, 0.3) is 11.1 Å². The fourth-order valence-corrected chi connectivity index (χ4v) is 3.75. The van der Waals surface area contributed by atoms with Gasteiger partial charge in [-0.3, -0.25) is 9.59 Å². The first-order chi connectivity index (χ1) is 16.4. The summed E-state index contributed by atoms with van der Waals surface area (Å²) in [5.74, 6) is 1.20. The van der Waals surface area contributed by atoms with Crippen molar-refractivity contribution in [3.05, 3.63) is 89.0 Å². The molecule has 0 unspecified atom stereocenters. The highest BCUT2D eigenvalue weighted by Gasteiger charge is 2.13. The van der Waals surface area contributed by atoms with Crippen molar-refractivity contribution in [2.45, 2.75) is 40.2 Å². The Morgan fingerprint density at radius 2 is 1.65 bits per heavy atom. The summed E-state index contributed by atoms with van der Waals surface area (Å²) in [6, 6.07) is 21.3. The molecule has 0 aliphatic heterocycles. The van der Waals surface area contributed by atoms with Gasteiger partial charge in [-0.2, -0.15) is 0 Å². The molecule has 0 fully saturated rings. The summed E-state index contributed by atoms with van der Waals surface area (Å²) in [5.41, 5.74) is 5.67. The number of hydrogen-bond acceptors (Lipinski definition) is 3. The molecule has 3 aromatic carbocycles. The zero-order valence-corrected chi connectivity index (χ0v) is 20.5. The zero-order chi connectivity index (χ0) is 24.5. The fourth-order valence-electron chi connectivity index (χ4n) is 3.75. The minimum Gasteiger partial charge on any atom is -0.497 e. The summed E-state index contributed by atoms with van der Waals surface area (Å²) in [4.78, 5) is 25.2. The molecule has 0 spiro atoms. The van der Waals surface area contributed by atoms with E-state index < -0.39 is 0 Å². The van der Waals surface area contributed by atoms with E-state index in [1.54, 1.807) is 7.11 Å². The number of carbonyl (C=O) groups is 2. The summed E-state index contributed by atoms with van der Waals surface area (Å²) in [6.45, 7) is 7.40. The normalized spacial score (nSPS) is 10.7. The lowest BCUT2D eigenvalue weighted by Crippen LogP contribution is -2.25. The number of benzene rings is 3. The molecular weight excluding hydrogens is 424 g/mol. The highest BCUT2D eigenvalue weighted by Crippen LogP contribution is 2.28. The highest BCUT2D eigenvalue weighted by atomic mass is 16.5. The summed E-state index contributed by atoms with van der Waals surface area (Å²) < 4.78 is 5.17. The van der Waals surface area contributed by atoms with Crippen molar-refractivity contribution in [3.63, 3.8) is 0 Å². The lowest BCUT2D eigenvalue weighted by Gasteiger charge is -2.15. The number of amides is 2. The smallest absolute Gasteiger partial charge is 0.251 e. The first-order valence-corrected chi connectivity index (χ1v) is 11.7. The Labute approximate surface area is 202 Å². The van der Waals surface area contributed by atoms with Gasteiger partial charge in [0.1, 0.15) is 5.75 Å². The first kappa shape index (κ1) is 25.0. The maximum Gasteiger partial charge on any atom is 0.251 e. The van der Waals surface area contributed by atoms with E-state index in [1.165, 1.54) is 0 Å². The van der Waals surface area contributed by atoms with Gasteiger partial charge in [0.05, 0.1) is 13.5 Å². The van der Waals surface area contributed by atoms with Gasteiger partial charge in [-0.05, 0) is 71.3 Å². The van der Waals surface area contributed by atoms with Crippen molar-refractivity contribution in [2.24, 2.45) is 5.92 Å². The lowest BCUT2D eigenvalue weighted by atomic mass is 9.94. The Balaban J connectivity index is 1.71. The molecule has 178 valence electrons. The average molecular weight is 459 g/mol. The molecule has 5 nitrogen and oxygen atoms in total. The molecule has 0 atom stereocenters. The summed E-state index contributed by atoms with van der Waals surface area (Å²) >= 11 is 0. The van der Waals surface area contributed by atoms with Crippen LogP contribution in [0, 0.1) is 12.8 Å². The Bertz CT molecular complexity index is 1120. The van der Waals surface area contributed by atoms with E-state index in [4.69, 9.17) is 4.74 Å². The predicted molar refractivity (Wildman–Crippen MR) is 137 cm³/mol. The minimum atomic E-state index is -0.0628. The van der Waals surface area contributed by atoms with Gasteiger partial charge in [0.15, 0.2) is 0 Å². The molecule has 0 aliphatic rings. The third kappa shape index (κ3) is 6.95. The Morgan fingerprint density at radius 3 is 2.35 bits per heavy atom. The van der Waals surface area contributed by atoms with Gasteiger partial charge < -0.3 is 15.4 Å². The van der Waals surface area contributed by atoms with Crippen LogP contribution in [-0.4, -0.2) is 25.5 Å². The molecule has 0 saturated carbocycles. The zero-order valence-electron chi connectivity index (χ0n) is 20.5. The number of aryl methyl sites for hydroxylation is 1. The van der Waals surface area contributed by atoms with Crippen molar-refractivity contribution in [1.29, 1.82) is 0 Å². The van der Waals surface area contributed by atoms with Crippen LogP contribution in [0.5, 0.6) is 5.75 Å². The van der Waals surface area contributed by atoms with E-state index in [0.29, 0.717) is 31.0 Å².